The number of aliphatic hydroxyl groups is 1. The lowest BCUT2D eigenvalue weighted by molar-refractivity contribution is -0.120. The number of carbonyl (C=O) groups is 1. The van der Waals surface area contributed by atoms with Crippen LogP contribution in [-0.2, 0) is 17.8 Å². The molecule has 0 bridgehead atoms. The normalized spacial score (nSPS) is 12.3. The van der Waals surface area contributed by atoms with Gasteiger partial charge in [0.05, 0.1) is 30.3 Å². The van der Waals surface area contributed by atoms with Crippen molar-refractivity contribution < 1.29 is 23.4 Å². The fourth-order valence-electron chi connectivity index (χ4n) is 3.06. The van der Waals surface area contributed by atoms with Gasteiger partial charge in [0.25, 0.3) is 6.43 Å². The van der Waals surface area contributed by atoms with E-state index in [1.54, 1.807) is 36.9 Å². The lowest BCUT2D eigenvalue weighted by atomic mass is 10.1. The molecule has 0 aliphatic carbocycles. The van der Waals surface area contributed by atoms with E-state index in [0.29, 0.717) is 18.0 Å². The number of rotatable bonds is 9. The van der Waals surface area contributed by atoms with Gasteiger partial charge in [0, 0.05) is 24.3 Å². The Kier molecular flexibility index (Phi) is 6.94. The van der Waals surface area contributed by atoms with Gasteiger partial charge < -0.3 is 15.2 Å². The summed E-state index contributed by atoms with van der Waals surface area (Å²) in [6, 6.07) is 7.13. The van der Waals surface area contributed by atoms with E-state index in [4.69, 9.17) is 4.74 Å². The van der Waals surface area contributed by atoms with Crippen molar-refractivity contribution in [1.82, 2.24) is 20.1 Å². The molecular formula is C21H24F2N4O3. The van der Waals surface area contributed by atoms with Crippen LogP contribution in [0.3, 0.4) is 0 Å². The fourth-order valence-corrected chi connectivity index (χ4v) is 3.06. The first kappa shape index (κ1) is 21.6. The van der Waals surface area contributed by atoms with Crippen LogP contribution in [0.1, 0.15) is 23.7 Å². The van der Waals surface area contributed by atoms with Gasteiger partial charge >= 0.3 is 0 Å². The molecular weight excluding hydrogens is 394 g/mol. The largest absolute Gasteiger partial charge is 0.487 e. The Hall–Kier alpha value is -3.07. The van der Waals surface area contributed by atoms with Crippen molar-refractivity contribution in [3.63, 3.8) is 0 Å². The maximum Gasteiger partial charge on any atom is 0.272 e. The molecule has 2 N–H and O–H groups in total. The summed E-state index contributed by atoms with van der Waals surface area (Å²) in [6.07, 6.45) is 0.394. The number of nitrogens with one attached hydrogen (secondary N) is 1. The second-order valence-corrected chi connectivity index (χ2v) is 7.15. The molecule has 30 heavy (non-hydrogen) atoms. The smallest absolute Gasteiger partial charge is 0.272 e. The molecule has 0 fully saturated rings. The van der Waals surface area contributed by atoms with Crippen LogP contribution in [0.15, 0.2) is 36.7 Å². The Labute approximate surface area is 172 Å². The molecule has 0 saturated carbocycles. The number of aromatic nitrogens is 3. The molecule has 0 spiro atoms. The molecule has 0 aliphatic heterocycles. The average Bonchev–Trinajstić information content (AvgIpc) is 3.09. The number of halogens is 2. The summed E-state index contributed by atoms with van der Waals surface area (Å²) in [5, 5.41) is 17.3. The first-order valence-corrected chi connectivity index (χ1v) is 9.58. The first-order chi connectivity index (χ1) is 14.3. The molecule has 1 amide bonds. The van der Waals surface area contributed by atoms with Crippen molar-refractivity contribution >= 4 is 16.8 Å². The lowest BCUT2D eigenvalue weighted by Crippen LogP contribution is -2.31. The van der Waals surface area contributed by atoms with Crippen LogP contribution in [0.5, 0.6) is 5.75 Å². The lowest BCUT2D eigenvalue weighted by Gasteiger charge is -2.10. The molecule has 9 heteroatoms. The molecule has 2 aromatic heterocycles. The molecule has 0 unspecified atom stereocenters. The third kappa shape index (κ3) is 5.73. The van der Waals surface area contributed by atoms with Crippen LogP contribution in [0.2, 0.25) is 0 Å². The Bertz CT molecular complexity index is 1020. The Balaban J connectivity index is 1.73. The van der Waals surface area contributed by atoms with E-state index in [2.05, 4.69) is 15.4 Å². The number of amides is 1. The quantitative estimate of drug-likeness (QED) is 0.557. The number of carbonyl (C=O) groups excluding carboxylic acids is 1. The molecule has 2 heterocycles. The van der Waals surface area contributed by atoms with Crippen molar-refractivity contribution in [2.24, 2.45) is 0 Å². The Morgan fingerprint density at radius 3 is 2.83 bits per heavy atom. The van der Waals surface area contributed by atoms with E-state index in [-0.39, 0.29) is 18.9 Å². The molecule has 0 aliphatic rings. The van der Waals surface area contributed by atoms with Crippen molar-refractivity contribution in [3.05, 3.63) is 53.5 Å². The third-order valence-corrected chi connectivity index (χ3v) is 4.44. The van der Waals surface area contributed by atoms with Gasteiger partial charge in [-0.2, -0.15) is 5.10 Å². The van der Waals surface area contributed by atoms with Crippen molar-refractivity contribution in [3.8, 4) is 5.75 Å². The summed E-state index contributed by atoms with van der Waals surface area (Å²) in [5.41, 5.74) is 3.03. The zero-order valence-corrected chi connectivity index (χ0v) is 16.8. The minimum absolute atomic E-state index is 0.0883. The predicted molar refractivity (Wildman–Crippen MR) is 108 cm³/mol. The number of aliphatic hydroxyl groups excluding tert-OH is 1. The van der Waals surface area contributed by atoms with Gasteiger partial charge in [-0.3, -0.25) is 14.5 Å². The molecule has 0 saturated heterocycles. The number of alkyl halides is 2. The molecule has 3 rings (SSSR count). The summed E-state index contributed by atoms with van der Waals surface area (Å²) in [5.74, 6) is 0.207. The highest BCUT2D eigenvalue weighted by molar-refractivity contribution is 5.86. The van der Waals surface area contributed by atoms with Crippen LogP contribution < -0.4 is 10.1 Å². The number of benzene rings is 1. The van der Waals surface area contributed by atoms with Crippen LogP contribution in [-0.4, -0.2) is 51.5 Å². The number of hydrogen-bond donors (Lipinski definition) is 2. The fraction of sp³-hybridized carbons (Fsp3) is 0.381. The molecule has 0 radical (unpaired) electrons. The summed E-state index contributed by atoms with van der Waals surface area (Å²) in [4.78, 5) is 16.4. The Morgan fingerprint density at radius 1 is 1.33 bits per heavy atom. The second kappa shape index (κ2) is 9.62. The van der Waals surface area contributed by atoms with Gasteiger partial charge in [0.1, 0.15) is 12.4 Å². The molecule has 7 nitrogen and oxygen atoms in total. The zero-order valence-electron chi connectivity index (χ0n) is 16.8. The predicted octanol–water partition coefficient (Wildman–Crippen LogP) is 2.47. The molecule has 160 valence electrons. The highest BCUT2D eigenvalue weighted by Gasteiger charge is 2.12. The summed E-state index contributed by atoms with van der Waals surface area (Å²) in [6.45, 7) is 3.42. The highest BCUT2D eigenvalue weighted by Crippen LogP contribution is 2.21. The van der Waals surface area contributed by atoms with E-state index < -0.39 is 19.1 Å². The van der Waals surface area contributed by atoms with Crippen LogP contribution in [0, 0.1) is 6.92 Å². The minimum atomic E-state index is -2.52. The number of hydrogen-bond acceptors (Lipinski definition) is 5. The number of fused-ring (bicyclic) bond motifs is 1. The number of pyridine rings is 1. The number of aryl methyl sites for hydroxylation is 1. The summed E-state index contributed by atoms with van der Waals surface area (Å²) in [7, 11) is 0. The van der Waals surface area contributed by atoms with Crippen LogP contribution >= 0.6 is 0 Å². The number of nitrogens with zero attached hydrogens (tertiary/aromatic N) is 3. The molecule has 1 aromatic carbocycles. The van der Waals surface area contributed by atoms with Crippen molar-refractivity contribution in [2.45, 2.75) is 39.3 Å². The second-order valence-electron chi connectivity index (χ2n) is 7.15. The van der Waals surface area contributed by atoms with Gasteiger partial charge in [-0.15, -0.1) is 0 Å². The maximum atomic E-state index is 12.3. The topological polar surface area (TPSA) is 89.3 Å². The van der Waals surface area contributed by atoms with Crippen LogP contribution in [0.4, 0.5) is 8.78 Å². The monoisotopic (exact) mass is 418 g/mol. The summed E-state index contributed by atoms with van der Waals surface area (Å²) < 4.78 is 31.5. The van der Waals surface area contributed by atoms with Gasteiger partial charge in [0.15, 0.2) is 0 Å². The maximum absolute atomic E-state index is 12.3. The highest BCUT2D eigenvalue weighted by atomic mass is 19.3. The van der Waals surface area contributed by atoms with Crippen molar-refractivity contribution in [2.75, 3.05) is 13.2 Å². The summed E-state index contributed by atoms with van der Waals surface area (Å²) >= 11 is 0. The van der Waals surface area contributed by atoms with E-state index >= 15 is 0 Å². The van der Waals surface area contributed by atoms with Gasteiger partial charge in [0.2, 0.25) is 5.91 Å². The SMILES string of the molecule is Cc1cc(Cn2cc3c(CC(=O)NC[C@H](C)O)nccc3n2)ccc1OCC(F)F. The number of ether oxygens (including phenoxy) is 1. The van der Waals surface area contributed by atoms with E-state index in [9.17, 15) is 18.7 Å². The minimum Gasteiger partial charge on any atom is -0.487 e. The average molecular weight is 418 g/mol. The van der Waals surface area contributed by atoms with E-state index in [1.807, 2.05) is 18.3 Å². The van der Waals surface area contributed by atoms with Gasteiger partial charge in [-0.25, -0.2) is 8.78 Å². The van der Waals surface area contributed by atoms with Gasteiger partial charge in [-0.05, 0) is 37.1 Å². The van der Waals surface area contributed by atoms with E-state index in [1.165, 1.54) is 0 Å². The van der Waals surface area contributed by atoms with E-state index in [0.717, 1.165) is 22.0 Å². The van der Waals surface area contributed by atoms with Crippen molar-refractivity contribution in [1.29, 1.82) is 0 Å². The molecule has 3 aromatic rings. The van der Waals surface area contributed by atoms with Gasteiger partial charge in [-0.1, -0.05) is 12.1 Å². The Morgan fingerprint density at radius 2 is 2.13 bits per heavy atom. The van der Waals surface area contributed by atoms with Crippen LogP contribution in [0.25, 0.3) is 10.9 Å². The zero-order chi connectivity index (χ0) is 21.7. The standard InChI is InChI=1S/C21H24F2N4O3/c1-13-7-15(3-4-19(13)30-12-20(22)23)10-27-11-16-17(26-27)5-6-24-18(16)8-21(29)25-9-14(2)28/h3-7,11,14,20,28H,8-10,12H2,1-2H3,(H,25,29)/t14-/m0/s1. The third-order valence-electron chi connectivity index (χ3n) is 4.44. The molecule has 1 atom stereocenters. The first-order valence-electron chi connectivity index (χ1n) is 9.58.